The molecule has 0 atom stereocenters. The fraction of sp³-hybridized carbons (Fsp3) is 0.200. The first kappa shape index (κ1) is 9.32. The van der Waals surface area contributed by atoms with E-state index in [1.165, 1.54) is 15.0 Å². The summed E-state index contributed by atoms with van der Waals surface area (Å²) in [5.41, 5.74) is 0. The third kappa shape index (κ3) is 1.69. The molecule has 1 heterocycles. The van der Waals surface area contributed by atoms with Crippen LogP contribution in [-0.2, 0) is 6.42 Å². The molecule has 0 radical (unpaired) electrons. The van der Waals surface area contributed by atoms with Gasteiger partial charge in [0.1, 0.15) is 0 Å². The standard InChI is InChI=1S/C10H8Cl2S/c1-2-7-3-6-4-8(11)9(12)5-10(6)13-7/h3-5H,2H2,1H3. The molecule has 0 aliphatic rings. The van der Waals surface area contributed by atoms with Gasteiger partial charge in [-0.1, -0.05) is 30.1 Å². The molecule has 3 heteroatoms. The van der Waals surface area contributed by atoms with Crippen molar-refractivity contribution in [2.75, 3.05) is 0 Å². The topological polar surface area (TPSA) is 0 Å². The van der Waals surface area contributed by atoms with Crippen LogP contribution in [0.4, 0.5) is 0 Å². The van der Waals surface area contributed by atoms with Crippen LogP contribution in [0.25, 0.3) is 10.1 Å². The number of benzene rings is 1. The van der Waals surface area contributed by atoms with Crippen molar-refractivity contribution in [3.63, 3.8) is 0 Å². The van der Waals surface area contributed by atoms with Crippen LogP contribution in [0, 0.1) is 0 Å². The van der Waals surface area contributed by atoms with E-state index in [-0.39, 0.29) is 0 Å². The number of thiophene rings is 1. The molecule has 1 aromatic heterocycles. The summed E-state index contributed by atoms with van der Waals surface area (Å²) in [7, 11) is 0. The molecule has 0 saturated heterocycles. The molecule has 1 aromatic carbocycles. The quantitative estimate of drug-likeness (QED) is 0.663. The minimum atomic E-state index is 0.634. The normalized spacial score (nSPS) is 11.0. The Hall–Kier alpha value is -0.240. The summed E-state index contributed by atoms with van der Waals surface area (Å²) >= 11 is 13.6. The molecular weight excluding hydrogens is 223 g/mol. The monoisotopic (exact) mass is 230 g/mol. The molecule has 0 N–H and O–H groups in total. The maximum atomic E-state index is 5.91. The Morgan fingerprint density at radius 2 is 1.85 bits per heavy atom. The molecule has 0 nitrogen and oxygen atoms in total. The predicted octanol–water partition coefficient (Wildman–Crippen LogP) is 4.77. The summed E-state index contributed by atoms with van der Waals surface area (Å²) in [6.07, 6.45) is 1.06. The number of aryl methyl sites for hydroxylation is 1. The Labute approximate surface area is 91.1 Å². The average Bonchev–Trinajstić information content (AvgIpc) is 2.48. The Bertz CT molecular complexity index is 406. The van der Waals surface area contributed by atoms with E-state index < -0.39 is 0 Å². The van der Waals surface area contributed by atoms with Crippen LogP contribution >= 0.6 is 34.5 Å². The maximum absolute atomic E-state index is 5.91. The van der Waals surface area contributed by atoms with E-state index in [0.29, 0.717) is 10.0 Å². The van der Waals surface area contributed by atoms with Crippen LogP contribution < -0.4 is 0 Å². The van der Waals surface area contributed by atoms with Crippen molar-refractivity contribution in [3.05, 3.63) is 33.1 Å². The zero-order valence-electron chi connectivity index (χ0n) is 7.10. The van der Waals surface area contributed by atoms with Gasteiger partial charge in [0.15, 0.2) is 0 Å². The van der Waals surface area contributed by atoms with Gasteiger partial charge in [-0.25, -0.2) is 0 Å². The number of rotatable bonds is 1. The lowest BCUT2D eigenvalue weighted by Gasteiger charge is -1.93. The minimum Gasteiger partial charge on any atom is -0.140 e. The molecule has 68 valence electrons. The van der Waals surface area contributed by atoms with Crippen molar-refractivity contribution in [1.82, 2.24) is 0 Å². The molecule has 0 aliphatic carbocycles. The third-order valence-electron chi connectivity index (χ3n) is 1.96. The third-order valence-corrected chi connectivity index (χ3v) is 3.92. The molecule has 0 saturated carbocycles. The largest absolute Gasteiger partial charge is 0.140 e. The summed E-state index contributed by atoms with van der Waals surface area (Å²) in [5.74, 6) is 0. The highest BCUT2D eigenvalue weighted by molar-refractivity contribution is 7.19. The first-order chi connectivity index (χ1) is 6.20. The van der Waals surface area contributed by atoms with Crippen molar-refractivity contribution < 1.29 is 0 Å². The van der Waals surface area contributed by atoms with Crippen molar-refractivity contribution >= 4 is 44.6 Å². The SMILES string of the molecule is CCc1cc2cc(Cl)c(Cl)cc2s1. The number of halogens is 2. The smallest absolute Gasteiger partial charge is 0.0606 e. The first-order valence-electron chi connectivity index (χ1n) is 4.08. The zero-order valence-corrected chi connectivity index (χ0v) is 9.43. The number of hydrogen-bond donors (Lipinski definition) is 0. The van der Waals surface area contributed by atoms with E-state index in [1.54, 1.807) is 11.3 Å². The molecule has 2 rings (SSSR count). The van der Waals surface area contributed by atoms with Gasteiger partial charge in [0.05, 0.1) is 10.0 Å². The van der Waals surface area contributed by atoms with Crippen LogP contribution in [-0.4, -0.2) is 0 Å². The highest BCUT2D eigenvalue weighted by Gasteiger charge is 2.04. The Balaban J connectivity index is 2.70. The van der Waals surface area contributed by atoms with Gasteiger partial charge in [-0.15, -0.1) is 11.3 Å². The summed E-state index contributed by atoms with van der Waals surface area (Å²) in [6, 6.07) is 6.03. The summed E-state index contributed by atoms with van der Waals surface area (Å²) in [4.78, 5) is 1.37. The second-order valence-electron chi connectivity index (χ2n) is 2.87. The van der Waals surface area contributed by atoms with E-state index >= 15 is 0 Å². The van der Waals surface area contributed by atoms with Gasteiger partial charge in [-0.2, -0.15) is 0 Å². The highest BCUT2D eigenvalue weighted by Crippen LogP contribution is 2.33. The predicted molar refractivity (Wildman–Crippen MR) is 61.2 cm³/mol. The Kier molecular flexibility index (Phi) is 2.50. The van der Waals surface area contributed by atoms with Gasteiger partial charge in [0, 0.05) is 9.58 Å². The van der Waals surface area contributed by atoms with Gasteiger partial charge in [-0.05, 0) is 30.0 Å². The van der Waals surface area contributed by atoms with Crippen LogP contribution in [0.3, 0.4) is 0 Å². The second-order valence-corrected chi connectivity index (χ2v) is 4.85. The van der Waals surface area contributed by atoms with Gasteiger partial charge < -0.3 is 0 Å². The molecule has 2 aromatic rings. The lowest BCUT2D eigenvalue weighted by Crippen LogP contribution is -1.67. The van der Waals surface area contributed by atoms with Gasteiger partial charge in [0.25, 0.3) is 0 Å². The van der Waals surface area contributed by atoms with E-state index in [2.05, 4.69) is 13.0 Å². The molecule has 0 amide bonds. The Morgan fingerprint density at radius 3 is 2.54 bits per heavy atom. The first-order valence-corrected chi connectivity index (χ1v) is 5.65. The summed E-state index contributed by atoms with van der Waals surface area (Å²) < 4.78 is 1.21. The molecule has 0 spiro atoms. The average molecular weight is 231 g/mol. The van der Waals surface area contributed by atoms with Crippen LogP contribution in [0.5, 0.6) is 0 Å². The van der Waals surface area contributed by atoms with Crippen LogP contribution in [0.1, 0.15) is 11.8 Å². The van der Waals surface area contributed by atoms with Gasteiger partial charge in [0.2, 0.25) is 0 Å². The molecule has 0 fully saturated rings. The fourth-order valence-corrected chi connectivity index (χ4v) is 2.69. The molecule has 13 heavy (non-hydrogen) atoms. The molecule has 0 unspecified atom stereocenters. The van der Waals surface area contributed by atoms with Crippen LogP contribution in [0.15, 0.2) is 18.2 Å². The van der Waals surface area contributed by atoms with E-state index in [4.69, 9.17) is 23.2 Å². The van der Waals surface area contributed by atoms with E-state index in [9.17, 15) is 0 Å². The van der Waals surface area contributed by atoms with Crippen molar-refractivity contribution in [3.8, 4) is 0 Å². The lowest BCUT2D eigenvalue weighted by atomic mass is 10.2. The van der Waals surface area contributed by atoms with E-state index in [1.807, 2.05) is 12.1 Å². The van der Waals surface area contributed by atoms with E-state index in [0.717, 1.165) is 6.42 Å². The second kappa shape index (κ2) is 3.49. The Morgan fingerprint density at radius 1 is 1.15 bits per heavy atom. The number of hydrogen-bond acceptors (Lipinski definition) is 1. The molecular formula is C10H8Cl2S. The number of fused-ring (bicyclic) bond motifs is 1. The maximum Gasteiger partial charge on any atom is 0.0606 e. The van der Waals surface area contributed by atoms with Crippen molar-refractivity contribution in [2.45, 2.75) is 13.3 Å². The van der Waals surface area contributed by atoms with Gasteiger partial charge >= 0.3 is 0 Å². The lowest BCUT2D eigenvalue weighted by molar-refractivity contribution is 1.19. The zero-order chi connectivity index (χ0) is 9.42. The van der Waals surface area contributed by atoms with Gasteiger partial charge in [-0.3, -0.25) is 0 Å². The minimum absolute atomic E-state index is 0.634. The van der Waals surface area contributed by atoms with Crippen molar-refractivity contribution in [2.24, 2.45) is 0 Å². The summed E-state index contributed by atoms with van der Waals surface area (Å²) in [6.45, 7) is 2.15. The highest BCUT2D eigenvalue weighted by atomic mass is 35.5. The van der Waals surface area contributed by atoms with Crippen LogP contribution in [0.2, 0.25) is 10.0 Å². The summed E-state index contributed by atoms with van der Waals surface area (Å²) in [5, 5.41) is 2.46. The molecule has 0 bridgehead atoms. The molecule has 0 aliphatic heterocycles. The van der Waals surface area contributed by atoms with Crippen molar-refractivity contribution in [1.29, 1.82) is 0 Å². The fourth-order valence-electron chi connectivity index (χ4n) is 1.26.